The summed E-state index contributed by atoms with van der Waals surface area (Å²) in [6, 6.07) is 0.288. The number of nitrogens with zero attached hydrogens (tertiary/aromatic N) is 2. The summed E-state index contributed by atoms with van der Waals surface area (Å²) >= 11 is 3.33. The minimum Gasteiger partial charge on any atom is -0.396 e. The lowest BCUT2D eigenvalue weighted by Crippen LogP contribution is -2.32. The van der Waals surface area contributed by atoms with Crippen molar-refractivity contribution in [2.45, 2.75) is 44.6 Å². The summed E-state index contributed by atoms with van der Waals surface area (Å²) in [6.07, 6.45) is 10.7. The standard InChI is InChI=1S/C13H20BrN3O/c14-11-8-15-13(16-9-11)17-12(6-7-18)10-4-2-1-3-5-10/h8-10,12,18H,1-7H2,(H,15,16,17)/t12-/m1/s1. The van der Waals surface area contributed by atoms with Crippen LogP contribution in [0, 0.1) is 5.92 Å². The quantitative estimate of drug-likeness (QED) is 0.877. The van der Waals surface area contributed by atoms with E-state index in [0.29, 0.717) is 11.9 Å². The van der Waals surface area contributed by atoms with E-state index in [4.69, 9.17) is 0 Å². The second-order valence-electron chi connectivity index (χ2n) is 4.89. The van der Waals surface area contributed by atoms with Gasteiger partial charge in [-0.15, -0.1) is 0 Å². The van der Waals surface area contributed by atoms with Gasteiger partial charge in [-0.1, -0.05) is 19.3 Å². The summed E-state index contributed by atoms with van der Waals surface area (Å²) in [7, 11) is 0. The molecule has 2 N–H and O–H groups in total. The molecule has 4 nitrogen and oxygen atoms in total. The highest BCUT2D eigenvalue weighted by atomic mass is 79.9. The molecule has 0 unspecified atom stereocenters. The second-order valence-corrected chi connectivity index (χ2v) is 5.80. The zero-order valence-corrected chi connectivity index (χ0v) is 12.1. The molecule has 18 heavy (non-hydrogen) atoms. The molecule has 0 aromatic carbocycles. The van der Waals surface area contributed by atoms with Gasteiger partial charge < -0.3 is 10.4 Å². The van der Waals surface area contributed by atoms with Crippen molar-refractivity contribution >= 4 is 21.9 Å². The molecule has 0 saturated heterocycles. The molecule has 2 rings (SSSR count). The Bertz CT molecular complexity index is 352. The van der Waals surface area contributed by atoms with Crippen molar-refractivity contribution < 1.29 is 5.11 Å². The predicted octanol–water partition coefficient (Wildman–Crippen LogP) is 2.98. The minimum absolute atomic E-state index is 0.213. The van der Waals surface area contributed by atoms with E-state index in [0.717, 1.165) is 10.9 Å². The topological polar surface area (TPSA) is 58.0 Å². The highest BCUT2D eigenvalue weighted by Gasteiger charge is 2.23. The highest BCUT2D eigenvalue weighted by Crippen LogP contribution is 2.29. The number of hydrogen-bond donors (Lipinski definition) is 2. The highest BCUT2D eigenvalue weighted by molar-refractivity contribution is 9.10. The first-order valence-electron chi connectivity index (χ1n) is 6.64. The van der Waals surface area contributed by atoms with Gasteiger partial charge in [0.05, 0.1) is 4.47 Å². The van der Waals surface area contributed by atoms with E-state index >= 15 is 0 Å². The number of rotatable bonds is 5. The van der Waals surface area contributed by atoms with E-state index in [1.807, 2.05) is 0 Å². The maximum absolute atomic E-state index is 9.20. The SMILES string of the molecule is OCC[C@@H](Nc1ncc(Br)cn1)C1CCCCC1. The molecule has 100 valence electrons. The number of hydrogen-bond acceptors (Lipinski definition) is 4. The van der Waals surface area contributed by atoms with Gasteiger partial charge in [0.2, 0.25) is 5.95 Å². The van der Waals surface area contributed by atoms with Gasteiger partial charge in [0.15, 0.2) is 0 Å². The van der Waals surface area contributed by atoms with Crippen LogP contribution in [0.1, 0.15) is 38.5 Å². The Kier molecular flexibility index (Phi) is 5.38. The lowest BCUT2D eigenvalue weighted by Gasteiger charge is -2.30. The number of anilines is 1. The summed E-state index contributed by atoms with van der Waals surface area (Å²) in [5.74, 6) is 1.29. The Morgan fingerprint density at radius 1 is 1.28 bits per heavy atom. The van der Waals surface area contributed by atoms with Crippen molar-refractivity contribution in [1.29, 1.82) is 0 Å². The van der Waals surface area contributed by atoms with E-state index in [2.05, 4.69) is 31.2 Å². The van der Waals surface area contributed by atoms with Crippen LogP contribution in [0.2, 0.25) is 0 Å². The fourth-order valence-electron chi connectivity index (χ4n) is 2.65. The third-order valence-electron chi connectivity index (χ3n) is 3.59. The molecule has 1 heterocycles. The van der Waals surface area contributed by atoms with Crippen LogP contribution >= 0.6 is 15.9 Å². The van der Waals surface area contributed by atoms with E-state index in [-0.39, 0.29) is 12.6 Å². The molecule has 0 aliphatic heterocycles. The van der Waals surface area contributed by atoms with Crippen LogP contribution in [0.15, 0.2) is 16.9 Å². The van der Waals surface area contributed by atoms with Gasteiger partial charge in [-0.25, -0.2) is 9.97 Å². The molecule has 1 aliphatic rings. The van der Waals surface area contributed by atoms with Crippen molar-refractivity contribution in [3.8, 4) is 0 Å². The molecule has 1 aliphatic carbocycles. The van der Waals surface area contributed by atoms with E-state index < -0.39 is 0 Å². The van der Waals surface area contributed by atoms with E-state index in [9.17, 15) is 5.11 Å². The fraction of sp³-hybridized carbons (Fsp3) is 0.692. The van der Waals surface area contributed by atoms with Crippen LogP contribution in [-0.4, -0.2) is 27.7 Å². The van der Waals surface area contributed by atoms with Crippen molar-refractivity contribution in [3.05, 3.63) is 16.9 Å². The second kappa shape index (κ2) is 7.04. The van der Waals surface area contributed by atoms with Crippen molar-refractivity contribution in [2.75, 3.05) is 11.9 Å². The first-order chi connectivity index (χ1) is 8.79. The molecule has 1 atom stereocenters. The molecular weight excluding hydrogens is 294 g/mol. The molecule has 0 amide bonds. The smallest absolute Gasteiger partial charge is 0.222 e. The average Bonchev–Trinajstić information content (AvgIpc) is 2.42. The molecule has 0 bridgehead atoms. The number of halogens is 1. The lowest BCUT2D eigenvalue weighted by atomic mass is 9.83. The van der Waals surface area contributed by atoms with Crippen molar-refractivity contribution in [2.24, 2.45) is 5.92 Å². The zero-order valence-electron chi connectivity index (χ0n) is 10.5. The van der Waals surface area contributed by atoms with Gasteiger partial charge >= 0.3 is 0 Å². The van der Waals surface area contributed by atoms with Gasteiger partial charge in [-0.05, 0) is 41.1 Å². The maximum Gasteiger partial charge on any atom is 0.222 e. The largest absolute Gasteiger partial charge is 0.396 e. The van der Waals surface area contributed by atoms with Gasteiger partial charge in [-0.3, -0.25) is 0 Å². The van der Waals surface area contributed by atoms with Gasteiger partial charge in [0.1, 0.15) is 0 Å². The lowest BCUT2D eigenvalue weighted by molar-refractivity contribution is 0.238. The van der Waals surface area contributed by atoms with E-state index in [1.165, 1.54) is 32.1 Å². The molecule has 0 spiro atoms. The molecule has 1 aromatic heterocycles. The van der Waals surface area contributed by atoms with Gasteiger partial charge in [0, 0.05) is 25.0 Å². The Morgan fingerprint density at radius 2 is 1.94 bits per heavy atom. The maximum atomic E-state index is 9.20. The molecule has 1 saturated carbocycles. The monoisotopic (exact) mass is 313 g/mol. The van der Waals surface area contributed by atoms with Crippen LogP contribution in [0.4, 0.5) is 5.95 Å². The zero-order chi connectivity index (χ0) is 12.8. The predicted molar refractivity (Wildman–Crippen MR) is 75.4 cm³/mol. The van der Waals surface area contributed by atoms with E-state index in [1.54, 1.807) is 12.4 Å². The first kappa shape index (κ1) is 13.7. The van der Waals surface area contributed by atoms with Gasteiger partial charge in [0.25, 0.3) is 0 Å². The Hall–Kier alpha value is -0.680. The Balaban J connectivity index is 1.98. The van der Waals surface area contributed by atoms with Crippen molar-refractivity contribution in [1.82, 2.24) is 9.97 Å². The number of aliphatic hydroxyl groups is 1. The Morgan fingerprint density at radius 3 is 2.56 bits per heavy atom. The summed E-state index contributed by atoms with van der Waals surface area (Å²) in [4.78, 5) is 8.49. The van der Waals surface area contributed by atoms with Crippen LogP contribution < -0.4 is 5.32 Å². The summed E-state index contributed by atoms with van der Waals surface area (Å²) in [5.41, 5.74) is 0. The molecule has 1 aromatic rings. The van der Waals surface area contributed by atoms with Crippen molar-refractivity contribution in [3.63, 3.8) is 0 Å². The number of aromatic nitrogens is 2. The third kappa shape index (κ3) is 3.92. The minimum atomic E-state index is 0.213. The Labute approximate surface area is 116 Å². The summed E-state index contributed by atoms with van der Waals surface area (Å²) in [6.45, 7) is 0.213. The number of nitrogens with one attached hydrogen (secondary N) is 1. The van der Waals surface area contributed by atoms with Crippen LogP contribution in [0.3, 0.4) is 0 Å². The molecule has 5 heteroatoms. The molecule has 0 radical (unpaired) electrons. The van der Waals surface area contributed by atoms with Crippen LogP contribution in [-0.2, 0) is 0 Å². The first-order valence-corrected chi connectivity index (χ1v) is 7.44. The van der Waals surface area contributed by atoms with Gasteiger partial charge in [-0.2, -0.15) is 0 Å². The molecular formula is C13H20BrN3O. The van der Waals surface area contributed by atoms with Crippen LogP contribution in [0.25, 0.3) is 0 Å². The summed E-state index contributed by atoms with van der Waals surface area (Å²) < 4.78 is 0.879. The normalized spacial score (nSPS) is 18.6. The third-order valence-corrected chi connectivity index (χ3v) is 4.00. The number of aliphatic hydroxyl groups excluding tert-OH is 1. The van der Waals surface area contributed by atoms with Crippen LogP contribution in [0.5, 0.6) is 0 Å². The molecule has 1 fully saturated rings. The average molecular weight is 314 g/mol. The summed E-state index contributed by atoms with van der Waals surface area (Å²) in [5, 5.41) is 12.6. The fourth-order valence-corrected chi connectivity index (χ4v) is 2.86.